The third-order valence-corrected chi connectivity index (χ3v) is 5.80. The van der Waals surface area contributed by atoms with Crippen molar-refractivity contribution in [1.29, 1.82) is 0 Å². The smallest absolute Gasteiger partial charge is 0.452 e. The van der Waals surface area contributed by atoms with Gasteiger partial charge >= 0.3 is 12.1 Å². The third-order valence-electron chi connectivity index (χ3n) is 5.80. The van der Waals surface area contributed by atoms with Gasteiger partial charge in [0.05, 0.1) is 19.8 Å². The normalized spacial score (nSPS) is 14.0. The summed E-state index contributed by atoms with van der Waals surface area (Å²) in [6, 6.07) is 2.19. The Morgan fingerprint density at radius 3 is 2.00 bits per heavy atom. The second-order valence-corrected chi connectivity index (χ2v) is 9.10. The molecule has 2 aromatic rings. The number of rotatable bonds is 12. The number of hydrogen-bond donors (Lipinski definition) is 4. The highest BCUT2D eigenvalue weighted by atomic mass is 19.4. The van der Waals surface area contributed by atoms with E-state index in [9.17, 15) is 50.6 Å². The Hall–Kier alpha value is -4.14. The fourth-order valence-electron chi connectivity index (χ4n) is 3.55. The number of aliphatic hydroxyl groups is 1. The summed E-state index contributed by atoms with van der Waals surface area (Å²) in [7, 11) is 1.32. The summed E-state index contributed by atoms with van der Waals surface area (Å²) in [5, 5.41) is 15.3. The molecule has 0 aromatic heterocycles. The van der Waals surface area contributed by atoms with Crippen molar-refractivity contribution in [1.82, 2.24) is 16.0 Å². The molecular formula is C26H27F6N3O6. The number of nitrogens with one attached hydrogen (secondary N) is 3. The van der Waals surface area contributed by atoms with Crippen molar-refractivity contribution < 1.29 is 55.4 Å². The quantitative estimate of drug-likeness (QED) is 0.281. The molecule has 15 heteroatoms. The number of ketones is 1. The lowest BCUT2D eigenvalue weighted by Gasteiger charge is -2.27. The maximum absolute atomic E-state index is 14.6. The van der Waals surface area contributed by atoms with Crippen LogP contribution in [0.4, 0.5) is 26.3 Å². The Balaban J connectivity index is 2.34. The summed E-state index contributed by atoms with van der Waals surface area (Å²) < 4.78 is 87.0. The van der Waals surface area contributed by atoms with Crippen molar-refractivity contribution in [3.05, 3.63) is 65.5 Å². The Labute approximate surface area is 230 Å². The van der Waals surface area contributed by atoms with Crippen molar-refractivity contribution in [2.24, 2.45) is 5.92 Å². The molecule has 3 unspecified atom stereocenters. The average molecular weight is 592 g/mol. The van der Waals surface area contributed by atoms with Crippen LogP contribution in [0, 0.1) is 11.7 Å². The summed E-state index contributed by atoms with van der Waals surface area (Å²) in [5.41, 5.74) is -1.08. The monoisotopic (exact) mass is 591 g/mol. The molecular weight excluding hydrogens is 564 g/mol. The fourth-order valence-corrected chi connectivity index (χ4v) is 3.55. The van der Waals surface area contributed by atoms with Gasteiger partial charge in [-0.2, -0.15) is 22.0 Å². The first-order valence-corrected chi connectivity index (χ1v) is 11.9. The van der Waals surface area contributed by atoms with Crippen LogP contribution in [-0.2, 0) is 25.1 Å². The Bertz CT molecular complexity index is 1250. The first-order valence-electron chi connectivity index (χ1n) is 11.9. The number of carbonyl (C=O) groups excluding carboxylic acids is 4. The van der Waals surface area contributed by atoms with Gasteiger partial charge in [-0.05, 0) is 35.7 Å². The van der Waals surface area contributed by atoms with Gasteiger partial charge in [-0.25, -0.2) is 4.39 Å². The summed E-state index contributed by atoms with van der Waals surface area (Å²) >= 11 is 0. The summed E-state index contributed by atoms with van der Waals surface area (Å²) in [6.45, 7) is 1.24. The zero-order valence-electron chi connectivity index (χ0n) is 21.9. The summed E-state index contributed by atoms with van der Waals surface area (Å²) in [4.78, 5) is 50.2. The molecule has 2 rings (SSSR count). The van der Waals surface area contributed by atoms with E-state index >= 15 is 0 Å². The van der Waals surface area contributed by atoms with Gasteiger partial charge in [0.2, 0.25) is 11.8 Å². The Morgan fingerprint density at radius 2 is 1.51 bits per heavy atom. The summed E-state index contributed by atoms with van der Waals surface area (Å²) in [5.74, 6) is -13.1. The number of amides is 3. The van der Waals surface area contributed by atoms with Gasteiger partial charge in [0.15, 0.2) is 0 Å². The van der Waals surface area contributed by atoms with Crippen molar-refractivity contribution >= 4 is 23.5 Å². The molecule has 0 radical (unpaired) electrons. The van der Waals surface area contributed by atoms with E-state index in [-0.39, 0.29) is 5.56 Å². The molecule has 0 heterocycles. The molecule has 0 saturated heterocycles. The third kappa shape index (κ3) is 8.42. The van der Waals surface area contributed by atoms with Crippen LogP contribution in [0.1, 0.15) is 31.0 Å². The zero-order chi connectivity index (χ0) is 31.1. The number of benzene rings is 2. The predicted octanol–water partition coefficient (Wildman–Crippen LogP) is 2.53. The maximum atomic E-state index is 14.6. The minimum atomic E-state index is -5.29. The number of carbonyl (C=O) groups is 4. The number of alkyl halides is 5. The van der Waals surface area contributed by atoms with Gasteiger partial charge in [0.25, 0.3) is 11.7 Å². The molecule has 0 spiro atoms. The number of halogens is 6. The molecule has 3 amide bonds. The van der Waals surface area contributed by atoms with Gasteiger partial charge < -0.3 is 25.8 Å². The topological polar surface area (TPSA) is 134 Å². The maximum Gasteiger partial charge on any atom is 0.452 e. The SMILES string of the molecule is COc1ccc(C(NC(=O)C(CO)NC(=O)C(F)(F)c2cccc(F)c2)C(=O)NC(C(=O)C(F)(F)F)C(C)C)cc1. The van der Waals surface area contributed by atoms with E-state index in [0.29, 0.717) is 11.8 Å². The van der Waals surface area contributed by atoms with E-state index in [1.165, 1.54) is 45.2 Å². The Morgan fingerprint density at radius 1 is 0.902 bits per heavy atom. The lowest BCUT2D eigenvalue weighted by molar-refractivity contribution is -0.175. The van der Waals surface area contributed by atoms with Crippen LogP contribution in [0.3, 0.4) is 0 Å². The molecule has 4 N–H and O–H groups in total. The van der Waals surface area contributed by atoms with Crippen LogP contribution in [0.5, 0.6) is 5.75 Å². The van der Waals surface area contributed by atoms with Gasteiger partial charge in [0, 0.05) is 5.56 Å². The molecule has 224 valence electrons. The highest BCUT2D eigenvalue weighted by Gasteiger charge is 2.46. The van der Waals surface area contributed by atoms with Crippen LogP contribution in [-0.4, -0.2) is 60.6 Å². The molecule has 0 saturated carbocycles. The molecule has 0 bridgehead atoms. The van der Waals surface area contributed by atoms with Crippen molar-refractivity contribution in [3.63, 3.8) is 0 Å². The minimum Gasteiger partial charge on any atom is -0.497 e. The van der Waals surface area contributed by atoms with Gasteiger partial charge in [-0.15, -0.1) is 0 Å². The molecule has 9 nitrogen and oxygen atoms in total. The number of hydrogen-bond acceptors (Lipinski definition) is 6. The average Bonchev–Trinajstić information content (AvgIpc) is 2.91. The van der Waals surface area contributed by atoms with E-state index in [1.54, 1.807) is 5.32 Å². The molecule has 3 atom stereocenters. The summed E-state index contributed by atoms with van der Waals surface area (Å²) in [6.07, 6.45) is -5.29. The lowest BCUT2D eigenvalue weighted by Crippen LogP contribution is -2.56. The number of methoxy groups -OCH3 is 1. The second kappa shape index (κ2) is 13.5. The standard InChI is InChI=1S/C26H27F6N3O6/c1-13(2)19(21(37)26(30,31)32)34-23(39)20(14-7-9-17(41-3)10-8-14)35-22(38)18(12-36)33-24(40)25(28,29)15-5-4-6-16(27)11-15/h4-11,13,18-20,36H,12H2,1-3H3,(H,33,40)(H,34,39)(H,35,38). The van der Waals surface area contributed by atoms with E-state index in [1.807, 2.05) is 5.32 Å². The van der Waals surface area contributed by atoms with Crippen LogP contribution in [0.15, 0.2) is 48.5 Å². The first kappa shape index (κ1) is 33.1. The number of aliphatic hydroxyl groups excluding tert-OH is 1. The van der Waals surface area contributed by atoms with Crippen LogP contribution in [0.2, 0.25) is 0 Å². The van der Waals surface area contributed by atoms with Crippen LogP contribution >= 0.6 is 0 Å². The van der Waals surface area contributed by atoms with Crippen molar-refractivity contribution in [2.75, 3.05) is 13.7 Å². The van der Waals surface area contributed by atoms with Gasteiger partial charge in [-0.1, -0.05) is 38.1 Å². The first-order chi connectivity index (χ1) is 19.0. The van der Waals surface area contributed by atoms with Gasteiger partial charge in [-0.3, -0.25) is 19.2 Å². The largest absolute Gasteiger partial charge is 0.497 e. The molecule has 0 fully saturated rings. The minimum absolute atomic E-state index is 0.0354. The molecule has 2 aromatic carbocycles. The van der Waals surface area contributed by atoms with Crippen LogP contribution in [0.25, 0.3) is 0 Å². The van der Waals surface area contributed by atoms with E-state index in [2.05, 4.69) is 5.32 Å². The van der Waals surface area contributed by atoms with E-state index in [4.69, 9.17) is 4.74 Å². The van der Waals surface area contributed by atoms with E-state index < -0.39 is 77.6 Å². The highest BCUT2D eigenvalue weighted by Crippen LogP contribution is 2.29. The fraction of sp³-hybridized carbons (Fsp3) is 0.385. The van der Waals surface area contributed by atoms with Crippen molar-refractivity contribution in [2.45, 2.75) is 44.1 Å². The zero-order valence-corrected chi connectivity index (χ0v) is 21.9. The number of ether oxygens (including phenoxy) is 1. The predicted molar refractivity (Wildman–Crippen MR) is 131 cm³/mol. The van der Waals surface area contributed by atoms with Crippen LogP contribution < -0.4 is 20.7 Å². The van der Waals surface area contributed by atoms with Gasteiger partial charge in [0.1, 0.15) is 23.7 Å². The molecule has 41 heavy (non-hydrogen) atoms. The second-order valence-electron chi connectivity index (χ2n) is 9.10. The Kier molecular flexibility index (Phi) is 10.9. The van der Waals surface area contributed by atoms with Crippen molar-refractivity contribution in [3.8, 4) is 5.75 Å². The molecule has 0 aliphatic rings. The molecule has 0 aliphatic carbocycles. The number of Topliss-reactive ketones (excluding diaryl/α,β-unsaturated/α-hetero) is 1. The molecule has 0 aliphatic heterocycles. The lowest BCUT2D eigenvalue weighted by atomic mass is 9.97. The highest BCUT2D eigenvalue weighted by molar-refractivity contribution is 5.97. The van der Waals surface area contributed by atoms with E-state index in [0.717, 1.165) is 18.2 Å².